The average molecular weight is 444 g/mol. The summed E-state index contributed by atoms with van der Waals surface area (Å²) in [5.41, 5.74) is -0.0903. The minimum atomic E-state index is -4.50. The van der Waals surface area contributed by atoms with E-state index in [9.17, 15) is 18.0 Å². The van der Waals surface area contributed by atoms with E-state index in [4.69, 9.17) is 21.1 Å². The Kier molecular flexibility index (Phi) is 6.60. The number of rotatable bonds is 5. The van der Waals surface area contributed by atoms with Gasteiger partial charge < -0.3 is 19.3 Å². The monoisotopic (exact) mass is 443 g/mol. The van der Waals surface area contributed by atoms with E-state index in [0.717, 1.165) is 17.8 Å². The zero-order valence-electron chi connectivity index (χ0n) is 16.5. The molecule has 1 amide bonds. The van der Waals surface area contributed by atoms with Gasteiger partial charge in [-0.05, 0) is 23.8 Å². The van der Waals surface area contributed by atoms with E-state index in [2.05, 4.69) is 4.98 Å². The molecule has 3 rings (SSSR count). The van der Waals surface area contributed by atoms with Gasteiger partial charge >= 0.3 is 6.18 Å². The lowest BCUT2D eigenvalue weighted by Gasteiger charge is -2.36. The zero-order chi connectivity index (χ0) is 21.9. The van der Waals surface area contributed by atoms with Crippen molar-refractivity contribution in [2.45, 2.75) is 12.6 Å². The van der Waals surface area contributed by atoms with E-state index in [-0.39, 0.29) is 23.2 Å². The Hall–Kier alpha value is -2.68. The van der Waals surface area contributed by atoms with Crippen molar-refractivity contribution in [2.24, 2.45) is 0 Å². The van der Waals surface area contributed by atoms with Crippen molar-refractivity contribution < 1.29 is 27.4 Å². The number of nitrogens with zero attached hydrogens (tertiary/aromatic N) is 3. The van der Waals surface area contributed by atoms with Gasteiger partial charge in [-0.25, -0.2) is 4.98 Å². The van der Waals surface area contributed by atoms with Crippen LogP contribution in [0.4, 0.5) is 19.0 Å². The molecule has 162 valence electrons. The summed E-state index contributed by atoms with van der Waals surface area (Å²) in [6.07, 6.45) is -3.51. The first-order chi connectivity index (χ1) is 14.2. The molecule has 1 aliphatic heterocycles. The average Bonchev–Trinajstić information content (AvgIpc) is 2.73. The van der Waals surface area contributed by atoms with Crippen molar-refractivity contribution in [2.75, 3.05) is 45.3 Å². The fourth-order valence-electron chi connectivity index (χ4n) is 3.26. The third kappa shape index (κ3) is 4.89. The SMILES string of the molecule is COc1ccc(CC(=O)N2CCN(c3ncc(C(F)(F)F)cc3Cl)CC2)cc1OC. The van der Waals surface area contributed by atoms with Gasteiger partial charge in [-0.1, -0.05) is 17.7 Å². The maximum Gasteiger partial charge on any atom is 0.417 e. The number of hydrogen-bond donors (Lipinski definition) is 0. The van der Waals surface area contributed by atoms with E-state index in [1.165, 1.54) is 7.11 Å². The molecule has 0 N–H and O–H groups in total. The van der Waals surface area contributed by atoms with Gasteiger partial charge in [-0.3, -0.25) is 4.79 Å². The molecule has 6 nitrogen and oxygen atoms in total. The highest BCUT2D eigenvalue weighted by Gasteiger charge is 2.32. The highest BCUT2D eigenvalue weighted by Crippen LogP contribution is 2.34. The van der Waals surface area contributed by atoms with Crippen molar-refractivity contribution in [3.05, 3.63) is 46.6 Å². The van der Waals surface area contributed by atoms with Crippen LogP contribution in [0.2, 0.25) is 5.02 Å². The summed E-state index contributed by atoms with van der Waals surface area (Å²) in [7, 11) is 3.07. The van der Waals surface area contributed by atoms with E-state index in [1.807, 2.05) is 0 Å². The van der Waals surface area contributed by atoms with Crippen LogP contribution in [-0.2, 0) is 17.4 Å². The van der Waals surface area contributed by atoms with Crippen LogP contribution in [-0.4, -0.2) is 56.2 Å². The lowest BCUT2D eigenvalue weighted by molar-refractivity contribution is -0.137. The van der Waals surface area contributed by atoms with Gasteiger partial charge in [-0.15, -0.1) is 0 Å². The number of benzene rings is 1. The molecule has 0 radical (unpaired) electrons. The maximum absolute atomic E-state index is 12.8. The van der Waals surface area contributed by atoms with Crippen molar-refractivity contribution in [3.8, 4) is 11.5 Å². The second-order valence-corrected chi connectivity index (χ2v) is 7.17. The predicted octanol–water partition coefficient (Wildman–Crippen LogP) is 3.66. The summed E-state index contributed by atoms with van der Waals surface area (Å²) in [5, 5.41) is -0.0603. The van der Waals surface area contributed by atoms with Crippen molar-refractivity contribution in [3.63, 3.8) is 0 Å². The second kappa shape index (κ2) is 8.99. The predicted molar refractivity (Wildman–Crippen MR) is 106 cm³/mol. The molecule has 2 aromatic rings. The van der Waals surface area contributed by atoms with Gasteiger partial charge in [0.05, 0.1) is 31.2 Å². The molecule has 10 heteroatoms. The summed E-state index contributed by atoms with van der Waals surface area (Å²) in [4.78, 5) is 20.0. The summed E-state index contributed by atoms with van der Waals surface area (Å²) >= 11 is 6.02. The largest absolute Gasteiger partial charge is 0.493 e. The summed E-state index contributed by atoms with van der Waals surface area (Å²) < 4.78 is 48.8. The maximum atomic E-state index is 12.8. The van der Waals surface area contributed by atoms with E-state index < -0.39 is 11.7 Å². The smallest absolute Gasteiger partial charge is 0.417 e. The second-order valence-electron chi connectivity index (χ2n) is 6.76. The van der Waals surface area contributed by atoms with E-state index >= 15 is 0 Å². The molecule has 0 aliphatic carbocycles. The number of carbonyl (C=O) groups is 1. The number of carbonyl (C=O) groups excluding carboxylic acids is 1. The van der Waals surface area contributed by atoms with Gasteiger partial charge in [0.25, 0.3) is 0 Å². The molecule has 0 bridgehead atoms. The Morgan fingerprint density at radius 3 is 2.33 bits per heavy atom. The fraction of sp³-hybridized carbons (Fsp3) is 0.400. The topological polar surface area (TPSA) is 54.9 Å². The van der Waals surface area contributed by atoms with Crippen LogP contribution in [0.15, 0.2) is 30.5 Å². The van der Waals surface area contributed by atoms with E-state index in [0.29, 0.717) is 37.7 Å². The zero-order valence-corrected chi connectivity index (χ0v) is 17.3. The van der Waals surface area contributed by atoms with Gasteiger partial charge in [-0.2, -0.15) is 13.2 Å². The Morgan fingerprint density at radius 2 is 1.77 bits per heavy atom. The standard InChI is InChI=1S/C20H21ClF3N3O3/c1-29-16-4-3-13(9-17(16)30-2)10-18(28)26-5-7-27(8-6-26)19-15(21)11-14(12-25-19)20(22,23)24/h3-4,9,11-12H,5-8,10H2,1-2H3. The van der Waals surface area contributed by atoms with Crippen LogP contribution in [0, 0.1) is 0 Å². The molecule has 1 fully saturated rings. The van der Waals surface area contributed by atoms with Crippen molar-refractivity contribution >= 4 is 23.3 Å². The van der Waals surface area contributed by atoms with Crippen LogP contribution >= 0.6 is 11.6 Å². The number of hydrogen-bond acceptors (Lipinski definition) is 5. The highest BCUT2D eigenvalue weighted by atomic mass is 35.5. The minimum Gasteiger partial charge on any atom is -0.493 e. The lowest BCUT2D eigenvalue weighted by atomic mass is 10.1. The van der Waals surface area contributed by atoms with Crippen LogP contribution < -0.4 is 14.4 Å². The number of halogens is 4. The lowest BCUT2D eigenvalue weighted by Crippen LogP contribution is -2.49. The molecule has 0 saturated carbocycles. The molecule has 0 atom stereocenters. The Morgan fingerprint density at radius 1 is 1.10 bits per heavy atom. The number of amides is 1. The summed E-state index contributed by atoms with van der Waals surface area (Å²) in [6.45, 7) is 1.70. The number of pyridine rings is 1. The third-order valence-corrected chi connectivity index (χ3v) is 5.16. The number of piperazine rings is 1. The number of ether oxygens (including phenoxy) is 2. The number of methoxy groups -OCH3 is 2. The molecule has 0 spiro atoms. The summed E-state index contributed by atoms with van der Waals surface area (Å²) in [6, 6.07) is 6.19. The van der Waals surface area contributed by atoms with Gasteiger partial charge in [0.2, 0.25) is 5.91 Å². The Balaban J connectivity index is 1.61. The molecule has 2 heterocycles. The normalized spacial score (nSPS) is 14.6. The van der Waals surface area contributed by atoms with Crippen LogP contribution in [0.3, 0.4) is 0 Å². The first kappa shape index (κ1) is 22.0. The molecule has 1 aromatic heterocycles. The Bertz CT molecular complexity index is 916. The molecular weight excluding hydrogens is 423 g/mol. The summed E-state index contributed by atoms with van der Waals surface area (Å²) in [5.74, 6) is 1.38. The third-order valence-electron chi connectivity index (χ3n) is 4.88. The number of aromatic nitrogens is 1. The van der Waals surface area contributed by atoms with Gasteiger partial charge in [0.1, 0.15) is 5.82 Å². The first-order valence-corrected chi connectivity index (χ1v) is 9.57. The highest BCUT2D eigenvalue weighted by molar-refractivity contribution is 6.33. The van der Waals surface area contributed by atoms with Crippen molar-refractivity contribution in [1.29, 1.82) is 0 Å². The van der Waals surface area contributed by atoms with Crippen LogP contribution in [0.25, 0.3) is 0 Å². The number of alkyl halides is 3. The van der Waals surface area contributed by atoms with E-state index in [1.54, 1.807) is 35.1 Å². The van der Waals surface area contributed by atoms with Gasteiger partial charge in [0.15, 0.2) is 11.5 Å². The number of anilines is 1. The molecule has 1 saturated heterocycles. The Labute approximate surface area is 177 Å². The van der Waals surface area contributed by atoms with Gasteiger partial charge in [0, 0.05) is 32.4 Å². The quantitative estimate of drug-likeness (QED) is 0.706. The molecular formula is C20H21ClF3N3O3. The van der Waals surface area contributed by atoms with Crippen molar-refractivity contribution in [1.82, 2.24) is 9.88 Å². The van der Waals surface area contributed by atoms with Crippen LogP contribution in [0.1, 0.15) is 11.1 Å². The molecule has 1 aliphatic rings. The minimum absolute atomic E-state index is 0.0478. The fourth-order valence-corrected chi connectivity index (χ4v) is 3.55. The molecule has 1 aromatic carbocycles. The molecule has 0 unspecified atom stereocenters. The molecule has 30 heavy (non-hydrogen) atoms. The first-order valence-electron chi connectivity index (χ1n) is 9.19. The van der Waals surface area contributed by atoms with Crippen LogP contribution in [0.5, 0.6) is 11.5 Å².